The van der Waals surface area contributed by atoms with Gasteiger partial charge in [0, 0.05) is 6.42 Å². The van der Waals surface area contributed by atoms with Crippen molar-refractivity contribution in [2.75, 3.05) is 19.8 Å². The summed E-state index contributed by atoms with van der Waals surface area (Å²) in [6, 6.07) is 0. The number of rotatable bonds is 16. The monoisotopic (exact) mass is 386 g/mol. The van der Waals surface area contributed by atoms with Crippen LogP contribution in [0.15, 0.2) is 0 Å². The van der Waals surface area contributed by atoms with Gasteiger partial charge in [-0.05, 0) is 13.3 Å². The lowest BCUT2D eigenvalue weighted by Gasteiger charge is -2.03. The molecule has 0 aromatic carbocycles. The lowest BCUT2D eigenvalue weighted by Crippen LogP contribution is -1.93. The van der Waals surface area contributed by atoms with Crippen molar-refractivity contribution in [3.63, 3.8) is 0 Å². The van der Waals surface area contributed by atoms with Gasteiger partial charge >= 0.3 is 5.97 Å². The maximum Gasteiger partial charge on any atom is 0.303 e. The summed E-state index contributed by atoms with van der Waals surface area (Å²) in [5.41, 5.74) is 0. The largest absolute Gasteiger partial charge is 0.481 e. The molecule has 2 aliphatic heterocycles. The molecule has 1 atom stereocenters. The van der Waals surface area contributed by atoms with E-state index in [0.717, 1.165) is 32.7 Å². The smallest absolute Gasteiger partial charge is 0.303 e. The molecule has 1 N–H and O–H groups in total. The SMILES string of the molecule is C1CO1.CC1CO1.CCCCCCCCCCCCCCCCCC(=O)O. The summed E-state index contributed by atoms with van der Waals surface area (Å²) < 4.78 is 9.21. The molecule has 0 aromatic rings. The van der Waals surface area contributed by atoms with E-state index < -0.39 is 5.97 Å². The highest BCUT2D eigenvalue weighted by atomic mass is 16.6. The van der Waals surface area contributed by atoms with Crippen LogP contribution in [-0.4, -0.2) is 37.0 Å². The quantitative estimate of drug-likeness (QED) is 0.235. The maximum atomic E-state index is 10.3. The van der Waals surface area contributed by atoms with Crippen molar-refractivity contribution < 1.29 is 19.4 Å². The molecule has 2 aliphatic rings. The lowest BCUT2D eigenvalue weighted by molar-refractivity contribution is -0.137. The Hall–Kier alpha value is -0.610. The number of hydrogen-bond acceptors (Lipinski definition) is 3. The van der Waals surface area contributed by atoms with E-state index in [1.165, 1.54) is 83.5 Å². The summed E-state index contributed by atoms with van der Waals surface area (Å²) in [5, 5.41) is 8.52. The summed E-state index contributed by atoms with van der Waals surface area (Å²) >= 11 is 0. The molecule has 2 fully saturated rings. The molecule has 2 rings (SSSR count). The van der Waals surface area contributed by atoms with Gasteiger partial charge in [-0.25, -0.2) is 0 Å². The first-order valence-corrected chi connectivity index (χ1v) is 11.6. The predicted octanol–water partition coefficient (Wildman–Crippen LogP) is 6.75. The molecule has 2 saturated heterocycles. The molecule has 0 aromatic heterocycles. The van der Waals surface area contributed by atoms with Crippen molar-refractivity contribution in [3.8, 4) is 0 Å². The molecular formula is C23H46O4. The number of unbranched alkanes of at least 4 members (excludes halogenated alkanes) is 14. The van der Waals surface area contributed by atoms with E-state index in [2.05, 4.69) is 18.6 Å². The maximum absolute atomic E-state index is 10.3. The summed E-state index contributed by atoms with van der Waals surface area (Å²) in [6.45, 7) is 7.31. The fourth-order valence-electron chi connectivity index (χ4n) is 2.74. The van der Waals surface area contributed by atoms with Gasteiger partial charge in [-0.15, -0.1) is 0 Å². The van der Waals surface area contributed by atoms with Crippen LogP contribution in [0.25, 0.3) is 0 Å². The molecule has 162 valence electrons. The van der Waals surface area contributed by atoms with Crippen LogP contribution in [0.1, 0.15) is 117 Å². The zero-order chi connectivity index (χ0) is 20.0. The minimum Gasteiger partial charge on any atom is -0.481 e. The van der Waals surface area contributed by atoms with Crippen molar-refractivity contribution in [2.45, 2.75) is 123 Å². The van der Waals surface area contributed by atoms with E-state index in [-0.39, 0.29) is 0 Å². The zero-order valence-electron chi connectivity index (χ0n) is 18.2. The number of ether oxygens (including phenoxy) is 2. The van der Waals surface area contributed by atoms with E-state index in [1.54, 1.807) is 0 Å². The van der Waals surface area contributed by atoms with Crippen LogP contribution in [0.5, 0.6) is 0 Å². The molecule has 2 heterocycles. The van der Waals surface area contributed by atoms with Gasteiger partial charge in [0.2, 0.25) is 0 Å². The highest BCUT2D eigenvalue weighted by Gasteiger charge is 2.13. The average molecular weight is 387 g/mol. The Balaban J connectivity index is 0.000000783. The second kappa shape index (κ2) is 21.7. The van der Waals surface area contributed by atoms with E-state index in [4.69, 9.17) is 9.84 Å². The second-order valence-corrected chi connectivity index (χ2v) is 7.85. The van der Waals surface area contributed by atoms with E-state index in [0.29, 0.717) is 12.5 Å². The highest BCUT2D eigenvalue weighted by Crippen LogP contribution is 2.13. The molecule has 4 nitrogen and oxygen atoms in total. The summed E-state index contributed by atoms with van der Waals surface area (Å²) in [5.74, 6) is -0.653. The Bertz CT molecular complexity index is 298. The Labute approximate surface area is 168 Å². The standard InChI is InChI=1S/C18H36O2.C3H6O.C2H4O/c1-2-3-4-5-6-7-8-9-10-11-12-13-14-15-16-17-18(19)20;1-3-2-4-3;1-2-3-1/h2-17H2,1H3,(H,19,20);3H,2H2,1H3;1-2H2. The predicted molar refractivity (Wildman–Crippen MR) is 113 cm³/mol. The minimum absolute atomic E-state index is 0.345. The first kappa shape index (κ1) is 26.4. The third-order valence-electron chi connectivity index (χ3n) is 4.70. The van der Waals surface area contributed by atoms with Crippen molar-refractivity contribution in [1.29, 1.82) is 0 Å². The van der Waals surface area contributed by atoms with Gasteiger partial charge in [0.25, 0.3) is 0 Å². The van der Waals surface area contributed by atoms with Gasteiger partial charge in [0.1, 0.15) is 0 Å². The molecule has 0 amide bonds. The molecule has 0 radical (unpaired) electrons. The van der Waals surface area contributed by atoms with Crippen LogP contribution >= 0.6 is 0 Å². The van der Waals surface area contributed by atoms with Crippen molar-refractivity contribution >= 4 is 5.97 Å². The average Bonchev–Trinajstić information content (AvgIpc) is 3.53. The summed E-state index contributed by atoms with van der Waals surface area (Å²) in [4.78, 5) is 10.3. The number of epoxide rings is 2. The third kappa shape index (κ3) is 33.4. The van der Waals surface area contributed by atoms with Gasteiger partial charge in [-0.1, -0.05) is 96.8 Å². The normalized spacial score (nSPS) is 16.6. The molecule has 27 heavy (non-hydrogen) atoms. The number of carboxylic acids is 1. The van der Waals surface area contributed by atoms with Crippen LogP contribution in [0, 0.1) is 0 Å². The zero-order valence-corrected chi connectivity index (χ0v) is 18.2. The number of hydrogen-bond donors (Lipinski definition) is 1. The fraction of sp³-hybridized carbons (Fsp3) is 0.957. The third-order valence-corrected chi connectivity index (χ3v) is 4.70. The van der Waals surface area contributed by atoms with Gasteiger partial charge in [0.05, 0.1) is 25.9 Å². The Morgan fingerprint density at radius 1 is 0.778 bits per heavy atom. The number of carboxylic acid groups (broad SMARTS) is 1. The summed E-state index contributed by atoms with van der Waals surface area (Å²) in [7, 11) is 0. The van der Waals surface area contributed by atoms with Crippen LogP contribution in [0.2, 0.25) is 0 Å². The van der Waals surface area contributed by atoms with Gasteiger partial charge < -0.3 is 14.6 Å². The van der Waals surface area contributed by atoms with Crippen LogP contribution in [0.4, 0.5) is 0 Å². The van der Waals surface area contributed by atoms with Gasteiger partial charge in [0.15, 0.2) is 0 Å². The van der Waals surface area contributed by atoms with Gasteiger partial charge in [-0.3, -0.25) is 4.79 Å². The molecule has 0 saturated carbocycles. The van der Waals surface area contributed by atoms with Crippen molar-refractivity contribution in [3.05, 3.63) is 0 Å². The highest BCUT2D eigenvalue weighted by molar-refractivity contribution is 5.66. The van der Waals surface area contributed by atoms with E-state index in [9.17, 15) is 4.79 Å². The number of carbonyl (C=O) groups is 1. The Morgan fingerprint density at radius 2 is 1.07 bits per heavy atom. The van der Waals surface area contributed by atoms with Gasteiger partial charge in [-0.2, -0.15) is 0 Å². The second-order valence-electron chi connectivity index (χ2n) is 7.85. The molecule has 0 spiro atoms. The van der Waals surface area contributed by atoms with Crippen molar-refractivity contribution in [1.82, 2.24) is 0 Å². The Kier molecular flexibility index (Phi) is 21.2. The van der Waals surface area contributed by atoms with Crippen molar-refractivity contribution in [2.24, 2.45) is 0 Å². The van der Waals surface area contributed by atoms with Crippen LogP contribution in [0.3, 0.4) is 0 Å². The van der Waals surface area contributed by atoms with Crippen LogP contribution in [-0.2, 0) is 14.3 Å². The van der Waals surface area contributed by atoms with E-state index >= 15 is 0 Å². The molecule has 1 unspecified atom stereocenters. The fourth-order valence-corrected chi connectivity index (χ4v) is 2.74. The topological polar surface area (TPSA) is 62.4 Å². The molecule has 0 bridgehead atoms. The first-order chi connectivity index (χ1) is 13.2. The summed E-state index contributed by atoms with van der Waals surface area (Å²) in [6.07, 6.45) is 20.8. The number of aliphatic carboxylic acids is 1. The Morgan fingerprint density at radius 3 is 1.30 bits per heavy atom. The molecule has 4 heteroatoms. The minimum atomic E-state index is -0.653. The van der Waals surface area contributed by atoms with E-state index in [1.807, 2.05) is 0 Å². The first-order valence-electron chi connectivity index (χ1n) is 11.6. The van der Waals surface area contributed by atoms with Crippen LogP contribution < -0.4 is 0 Å². The molecular weight excluding hydrogens is 340 g/mol. The molecule has 0 aliphatic carbocycles. The lowest BCUT2D eigenvalue weighted by atomic mass is 10.0.